The fraction of sp³-hybridized carbons (Fsp3) is 0.296. The quantitative estimate of drug-likeness (QED) is 0.360. The van der Waals surface area contributed by atoms with Crippen LogP contribution in [0, 0.1) is 13.8 Å². The van der Waals surface area contributed by atoms with Crippen LogP contribution in [0.15, 0.2) is 48.4 Å². The van der Waals surface area contributed by atoms with E-state index in [1.165, 1.54) is 6.33 Å². The van der Waals surface area contributed by atoms with Crippen molar-refractivity contribution in [1.82, 2.24) is 20.3 Å². The summed E-state index contributed by atoms with van der Waals surface area (Å²) in [6.07, 6.45) is 5.69. The van der Waals surface area contributed by atoms with E-state index < -0.39 is 0 Å². The van der Waals surface area contributed by atoms with Crippen LogP contribution in [0.4, 0.5) is 17.3 Å². The van der Waals surface area contributed by atoms with Gasteiger partial charge in [0, 0.05) is 29.0 Å². The first kappa shape index (κ1) is 27.1. The van der Waals surface area contributed by atoms with Crippen molar-refractivity contribution in [1.29, 1.82) is 0 Å². The van der Waals surface area contributed by atoms with E-state index in [0.717, 1.165) is 28.3 Å². The summed E-state index contributed by atoms with van der Waals surface area (Å²) in [6, 6.07) is 9.65. The topological polar surface area (TPSA) is 138 Å². The van der Waals surface area contributed by atoms with Gasteiger partial charge in [-0.3, -0.25) is 14.6 Å². The Morgan fingerprint density at radius 1 is 1.14 bits per heavy atom. The van der Waals surface area contributed by atoms with Gasteiger partial charge in [0.1, 0.15) is 29.5 Å². The molecule has 1 aliphatic heterocycles. The maximum Gasteiger partial charge on any atom is 0.290 e. The Morgan fingerprint density at radius 2 is 1.89 bits per heavy atom. The van der Waals surface area contributed by atoms with Crippen molar-refractivity contribution >= 4 is 35.8 Å². The molecule has 0 saturated heterocycles. The SMILES string of the molecule is Cc1ccc(Oc2ccc(Nc3ncnc4c3C=C(C(=O)NC(C)(C)C)CCN4)cc2C)cn1.O=CO. The number of carboxylic acid groups (broad SMARTS) is 1. The number of nitrogens with zero attached hydrogens (tertiary/aromatic N) is 3. The molecular formula is C27H32N6O4. The standard InChI is InChI=1S/C26H30N6O2.CH2O2/c1-16-12-19(7-9-22(16)34-20-8-6-17(2)28-14-20)31-24-21-13-18(25(33)32-26(3,4)5)10-11-27-23(21)29-15-30-24;2-1-3/h6-9,12-15H,10-11H2,1-5H3,(H,32,33)(H2,27,29,30,31);1H,(H,2,3). The molecule has 1 amide bonds. The zero-order valence-electron chi connectivity index (χ0n) is 21.6. The molecule has 3 heterocycles. The van der Waals surface area contributed by atoms with E-state index in [4.69, 9.17) is 14.6 Å². The molecular weight excluding hydrogens is 472 g/mol. The number of aryl methyl sites for hydroxylation is 2. The van der Waals surface area contributed by atoms with Gasteiger partial charge in [0.05, 0.1) is 11.8 Å². The number of hydrogen-bond acceptors (Lipinski definition) is 8. The molecule has 0 radical (unpaired) electrons. The van der Waals surface area contributed by atoms with Gasteiger partial charge in [0.25, 0.3) is 6.47 Å². The van der Waals surface area contributed by atoms with Crippen molar-refractivity contribution in [2.45, 2.75) is 46.6 Å². The Kier molecular flexibility index (Phi) is 8.78. The lowest BCUT2D eigenvalue weighted by Gasteiger charge is -2.21. The minimum atomic E-state index is -0.315. The highest BCUT2D eigenvalue weighted by Crippen LogP contribution is 2.32. The van der Waals surface area contributed by atoms with Gasteiger partial charge in [0.15, 0.2) is 0 Å². The molecule has 0 atom stereocenters. The van der Waals surface area contributed by atoms with E-state index in [9.17, 15) is 4.79 Å². The molecule has 194 valence electrons. The van der Waals surface area contributed by atoms with Gasteiger partial charge in [-0.2, -0.15) is 0 Å². The van der Waals surface area contributed by atoms with Gasteiger partial charge < -0.3 is 25.8 Å². The maximum atomic E-state index is 12.8. The summed E-state index contributed by atoms with van der Waals surface area (Å²) >= 11 is 0. The normalized spacial score (nSPS) is 12.4. The predicted octanol–water partition coefficient (Wildman–Crippen LogP) is 4.84. The van der Waals surface area contributed by atoms with Gasteiger partial charge in [-0.1, -0.05) is 0 Å². The lowest BCUT2D eigenvalue weighted by atomic mass is 10.1. The highest BCUT2D eigenvalue weighted by atomic mass is 16.5. The van der Waals surface area contributed by atoms with Crippen LogP contribution in [0.3, 0.4) is 0 Å². The number of anilines is 3. The molecule has 0 fully saturated rings. The Bertz CT molecular complexity index is 1280. The minimum Gasteiger partial charge on any atom is -0.483 e. The second-order valence-electron chi connectivity index (χ2n) is 9.48. The van der Waals surface area contributed by atoms with Gasteiger partial charge in [-0.25, -0.2) is 9.97 Å². The predicted molar refractivity (Wildman–Crippen MR) is 143 cm³/mol. The van der Waals surface area contributed by atoms with E-state index in [-0.39, 0.29) is 17.9 Å². The zero-order valence-corrected chi connectivity index (χ0v) is 21.6. The Hall–Kier alpha value is -4.47. The Morgan fingerprint density at radius 3 is 2.54 bits per heavy atom. The van der Waals surface area contributed by atoms with Gasteiger partial charge >= 0.3 is 0 Å². The summed E-state index contributed by atoms with van der Waals surface area (Å²) in [5, 5.41) is 16.6. The fourth-order valence-electron chi connectivity index (χ4n) is 3.55. The third-order valence-electron chi connectivity index (χ3n) is 5.22. The van der Waals surface area contributed by atoms with Crippen molar-refractivity contribution < 1.29 is 19.4 Å². The molecule has 3 aromatic rings. The molecule has 37 heavy (non-hydrogen) atoms. The number of aromatic nitrogens is 3. The third kappa shape index (κ3) is 7.76. The molecule has 1 aliphatic rings. The number of fused-ring (bicyclic) bond motifs is 1. The third-order valence-corrected chi connectivity index (χ3v) is 5.22. The van der Waals surface area contributed by atoms with Crippen LogP contribution in [0.5, 0.6) is 11.5 Å². The second kappa shape index (κ2) is 12.0. The minimum absolute atomic E-state index is 0.0834. The Balaban J connectivity index is 0.00000121. The van der Waals surface area contributed by atoms with E-state index in [0.29, 0.717) is 35.9 Å². The summed E-state index contributed by atoms with van der Waals surface area (Å²) in [5.41, 5.74) is 3.88. The van der Waals surface area contributed by atoms with Gasteiger partial charge in [-0.05, 0) is 83.0 Å². The van der Waals surface area contributed by atoms with Crippen molar-refractivity contribution in [3.05, 3.63) is 65.2 Å². The summed E-state index contributed by atoms with van der Waals surface area (Å²) in [6.45, 7) is 10.2. The molecule has 2 aromatic heterocycles. The lowest BCUT2D eigenvalue weighted by molar-refractivity contribution is -0.123. The molecule has 0 saturated carbocycles. The molecule has 4 rings (SSSR count). The highest BCUT2D eigenvalue weighted by Gasteiger charge is 2.21. The van der Waals surface area contributed by atoms with Crippen molar-refractivity contribution in [2.24, 2.45) is 0 Å². The number of carbonyl (C=O) groups is 2. The van der Waals surface area contributed by atoms with Crippen LogP contribution in [0.1, 0.15) is 44.0 Å². The van der Waals surface area contributed by atoms with Gasteiger partial charge in [-0.15, -0.1) is 0 Å². The average molecular weight is 505 g/mol. The first-order chi connectivity index (χ1) is 17.6. The van der Waals surface area contributed by atoms with E-state index in [1.54, 1.807) is 6.20 Å². The second-order valence-corrected chi connectivity index (χ2v) is 9.48. The largest absolute Gasteiger partial charge is 0.483 e. The number of nitrogens with one attached hydrogen (secondary N) is 3. The number of pyridine rings is 1. The van der Waals surface area contributed by atoms with Crippen LogP contribution in [-0.2, 0) is 9.59 Å². The number of ether oxygens (including phenoxy) is 1. The maximum absolute atomic E-state index is 12.8. The molecule has 4 N–H and O–H groups in total. The van der Waals surface area contributed by atoms with Crippen molar-refractivity contribution in [3.63, 3.8) is 0 Å². The lowest BCUT2D eigenvalue weighted by Crippen LogP contribution is -2.41. The van der Waals surface area contributed by atoms with E-state index >= 15 is 0 Å². The van der Waals surface area contributed by atoms with Crippen molar-refractivity contribution in [2.75, 3.05) is 17.2 Å². The molecule has 0 aliphatic carbocycles. The number of amides is 1. The van der Waals surface area contributed by atoms with Crippen molar-refractivity contribution in [3.8, 4) is 11.5 Å². The van der Waals surface area contributed by atoms with Crippen LogP contribution in [0.25, 0.3) is 6.08 Å². The summed E-state index contributed by atoms with van der Waals surface area (Å²) < 4.78 is 5.98. The fourth-order valence-corrected chi connectivity index (χ4v) is 3.55. The summed E-state index contributed by atoms with van der Waals surface area (Å²) in [5.74, 6) is 2.67. The van der Waals surface area contributed by atoms with Crippen LogP contribution in [0.2, 0.25) is 0 Å². The first-order valence-corrected chi connectivity index (χ1v) is 11.8. The molecule has 1 aromatic carbocycles. The molecule has 0 spiro atoms. The zero-order chi connectivity index (χ0) is 27.0. The van der Waals surface area contributed by atoms with E-state index in [1.807, 2.05) is 71.0 Å². The number of rotatable bonds is 5. The average Bonchev–Trinajstić information content (AvgIpc) is 3.05. The van der Waals surface area contributed by atoms with E-state index in [2.05, 4.69) is 30.9 Å². The molecule has 10 nitrogen and oxygen atoms in total. The number of carbonyl (C=O) groups excluding carboxylic acids is 1. The van der Waals surface area contributed by atoms with Crippen LogP contribution >= 0.6 is 0 Å². The monoisotopic (exact) mass is 504 g/mol. The molecule has 0 unspecified atom stereocenters. The molecule has 0 bridgehead atoms. The first-order valence-electron chi connectivity index (χ1n) is 11.8. The number of benzene rings is 1. The smallest absolute Gasteiger partial charge is 0.290 e. The summed E-state index contributed by atoms with van der Waals surface area (Å²) in [4.78, 5) is 34.3. The van der Waals surface area contributed by atoms with Crippen LogP contribution in [-0.4, -0.2) is 44.5 Å². The highest BCUT2D eigenvalue weighted by molar-refractivity contribution is 6.00. The Labute approximate surface area is 216 Å². The number of hydrogen-bond donors (Lipinski definition) is 4. The molecule has 10 heteroatoms. The summed E-state index contributed by atoms with van der Waals surface area (Å²) in [7, 11) is 0. The van der Waals surface area contributed by atoms with Gasteiger partial charge in [0.2, 0.25) is 5.91 Å². The van der Waals surface area contributed by atoms with Crippen LogP contribution < -0.4 is 20.7 Å².